The van der Waals surface area contributed by atoms with Gasteiger partial charge in [0.15, 0.2) is 0 Å². The van der Waals surface area contributed by atoms with Crippen molar-refractivity contribution in [3.63, 3.8) is 0 Å². The lowest BCUT2D eigenvalue weighted by Crippen LogP contribution is -2.35. The number of hydrogen-bond acceptors (Lipinski definition) is 6. The summed E-state index contributed by atoms with van der Waals surface area (Å²) in [4.78, 5) is 16.3. The molecule has 8 heteroatoms. The van der Waals surface area contributed by atoms with E-state index in [0.29, 0.717) is 18.4 Å². The number of piperidine rings is 1. The Morgan fingerprint density at radius 2 is 1.71 bits per heavy atom. The minimum atomic E-state index is 0. The van der Waals surface area contributed by atoms with Gasteiger partial charge < -0.3 is 19.3 Å². The van der Waals surface area contributed by atoms with Crippen molar-refractivity contribution in [2.75, 3.05) is 40.8 Å². The third-order valence-corrected chi connectivity index (χ3v) is 7.86. The van der Waals surface area contributed by atoms with Crippen molar-refractivity contribution in [3.05, 3.63) is 36.0 Å². The number of aromatic nitrogens is 2. The standard InChI is InChI=1S/C30H44N4O3.ClH/c1-5-6-7-28-27(20-29(32-31-28)37-26-16-18-34(4)19-17-26)23-12-14-25(15-13-23)36-21-22-8-10-24(11-9-22)30(35)33(2)3;/h12-15,20,22,24,26H,5-11,16-19,21H2,1-4H3;1H. The lowest BCUT2D eigenvalue weighted by Gasteiger charge is -2.29. The van der Waals surface area contributed by atoms with Crippen LogP contribution in [0.1, 0.15) is 64.0 Å². The van der Waals surface area contributed by atoms with Gasteiger partial charge >= 0.3 is 0 Å². The second kappa shape index (κ2) is 14.7. The van der Waals surface area contributed by atoms with Gasteiger partial charge in [0, 0.05) is 44.7 Å². The first-order valence-electron chi connectivity index (χ1n) is 14.1. The Hall–Kier alpha value is -2.38. The minimum absolute atomic E-state index is 0. The summed E-state index contributed by atoms with van der Waals surface area (Å²) < 4.78 is 12.4. The number of carbonyl (C=O) groups is 1. The van der Waals surface area contributed by atoms with Gasteiger partial charge in [-0.3, -0.25) is 4.79 Å². The Labute approximate surface area is 234 Å². The van der Waals surface area contributed by atoms with Crippen molar-refractivity contribution >= 4 is 18.3 Å². The zero-order valence-electron chi connectivity index (χ0n) is 23.5. The van der Waals surface area contributed by atoms with Crippen LogP contribution in [0.5, 0.6) is 11.6 Å². The number of aryl methyl sites for hydroxylation is 1. The van der Waals surface area contributed by atoms with Crippen molar-refractivity contribution in [1.82, 2.24) is 20.0 Å². The quantitative estimate of drug-likeness (QED) is 0.385. The maximum absolute atomic E-state index is 12.2. The van der Waals surface area contributed by atoms with Crippen LogP contribution < -0.4 is 9.47 Å². The fraction of sp³-hybridized carbons (Fsp3) is 0.633. The molecular formula is C30H45ClN4O3. The van der Waals surface area contributed by atoms with E-state index in [1.807, 2.05) is 14.1 Å². The molecule has 1 amide bonds. The Morgan fingerprint density at radius 3 is 2.34 bits per heavy atom. The highest BCUT2D eigenvalue weighted by atomic mass is 35.5. The van der Waals surface area contributed by atoms with Crippen molar-refractivity contribution in [1.29, 1.82) is 0 Å². The van der Waals surface area contributed by atoms with Crippen LogP contribution in [0.15, 0.2) is 30.3 Å². The predicted molar refractivity (Wildman–Crippen MR) is 154 cm³/mol. The first kappa shape index (κ1) is 30.2. The third kappa shape index (κ3) is 8.31. The van der Waals surface area contributed by atoms with Crippen molar-refractivity contribution in [3.8, 4) is 22.8 Å². The Bertz CT molecular complexity index is 1000. The number of likely N-dealkylation sites (tertiary alicyclic amines) is 1. The van der Waals surface area contributed by atoms with Crippen LogP contribution in [0.4, 0.5) is 0 Å². The molecule has 2 aliphatic rings. The largest absolute Gasteiger partial charge is 0.493 e. The van der Waals surface area contributed by atoms with E-state index in [1.165, 1.54) is 0 Å². The maximum Gasteiger partial charge on any atom is 0.234 e. The number of carbonyl (C=O) groups excluding carboxylic acids is 1. The van der Waals surface area contributed by atoms with Crippen LogP contribution in [0.3, 0.4) is 0 Å². The fourth-order valence-electron chi connectivity index (χ4n) is 5.40. The maximum atomic E-state index is 12.2. The van der Waals surface area contributed by atoms with E-state index in [-0.39, 0.29) is 30.3 Å². The number of nitrogens with zero attached hydrogens (tertiary/aromatic N) is 4. The lowest BCUT2D eigenvalue weighted by atomic mass is 9.82. The molecule has 2 aromatic rings. The molecule has 1 aromatic carbocycles. The molecule has 0 unspecified atom stereocenters. The Kier molecular flexibility index (Phi) is 11.7. The molecule has 1 saturated heterocycles. The van der Waals surface area contributed by atoms with Crippen LogP contribution in [0.2, 0.25) is 0 Å². The topological polar surface area (TPSA) is 67.8 Å². The highest BCUT2D eigenvalue weighted by molar-refractivity contribution is 5.85. The Morgan fingerprint density at radius 1 is 1.03 bits per heavy atom. The monoisotopic (exact) mass is 544 g/mol. The highest BCUT2D eigenvalue weighted by Gasteiger charge is 2.27. The van der Waals surface area contributed by atoms with Gasteiger partial charge in [0.2, 0.25) is 11.8 Å². The van der Waals surface area contributed by atoms with Crippen LogP contribution in [-0.4, -0.2) is 72.8 Å². The smallest absolute Gasteiger partial charge is 0.234 e. The number of amides is 1. The fourth-order valence-corrected chi connectivity index (χ4v) is 5.40. The minimum Gasteiger partial charge on any atom is -0.493 e. The van der Waals surface area contributed by atoms with E-state index >= 15 is 0 Å². The SMILES string of the molecule is CCCCc1nnc(OC2CCN(C)CC2)cc1-c1ccc(OCC2CCC(C(=O)N(C)C)CC2)cc1.Cl. The van der Waals surface area contributed by atoms with Crippen LogP contribution >= 0.6 is 12.4 Å². The van der Waals surface area contributed by atoms with E-state index in [1.54, 1.807) is 4.90 Å². The van der Waals surface area contributed by atoms with Gasteiger partial charge in [0.05, 0.1) is 12.3 Å². The zero-order chi connectivity index (χ0) is 26.2. The average Bonchev–Trinajstić information content (AvgIpc) is 2.92. The molecule has 1 aliphatic carbocycles. The van der Waals surface area contributed by atoms with E-state index < -0.39 is 0 Å². The van der Waals surface area contributed by atoms with Gasteiger partial charge in [0.25, 0.3) is 0 Å². The molecule has 1 saturated carbocycles. The summed E-state index contributed by atoms with van der Waals surface area (Å²) in [6.07, 6.45) is 9.36. The van der Waals surface area contributed by atoms with E-state index in [2.05, 4.69) is 59.4 Å². The molecule has 0 spiro atoms. The number of halogens is 1. The number of benzene rings is 1. The number of rotatable bonds is 10. The average molecular weight is 545 g/mol. The second-order valence-electron chi connectivity index (χ2n) is 11.1. The molecule has 2 heterocycles. The normalized spacial score (nSPS) is 20.4. The molecule has 7 nitrogen and oxygen atoms in total. The molecule has 0 bridgehead atoms. The van der Waals surface area contributed by atoms with Gasteiger partial charge in [0.1, 0.15) is 11.9 Å². The molecule has 0 radical (unpaired) electrons. The first-order chi connectivity index (χ1) is 17.9. The summed E-state index contributed by atoms with van der Waals surface area (Å²) >= 11 is 0. The summed E-state index contributed by atoms with van der Waals surface area (Å²) in [5.74, 6) is 2.45. The Balaban J connectivity index is 0.00000400. The number of ether oxygens (including phenoxy) is 2. The molecule has 4 rings (SSSR count). The highest BCUT2D eigenvalue weighted by Crippen LogP contribution is 2.32. The van der Waals surface area contributed by atoms with Gasteiger partial charge in [-0.2, -0.15) is 5.10 Å². The van der Waals surface area contributed by atoms with E-state index in [0.717, 1.165) is 93.4 Å². The van der Waals surface area contributed by atoms with Crippen LogP contribution in [0, 0.1) is 11.8 Å². The summed E-state index contributed by atoms with van der Waals surface area (Å²) in [7, 11) is 5.85. The molecule has 1 aliphatic heterocycles. The van der Waals surface area contributed by atoms with Crippen LogP contribution in [0.25, 0.3) is 11.1 Å². The van der Waals surface area contributed by atoms with Gasteiger partial charge in [-0.25, -0.2) is 0 Å². The van der Waals surface area contributed by atoms with Gasteiger partial charge in [-0.15, -0.1) is 17.5 Å². The van der Waals surface area contributed by atoms with Crippen molar-refractivity contribution in [2.24, 2.45) is 11.8 Å². The summed E-state index contributed by atoms with van der Waals surface area (Å²) in [6.45, 7) is 5.01. The number of unbranched alkanes of at least 4 members (excludes halogenated alkanes) is 1. The van der Waals surface area contributed by atoms with Gasteiger partial charge in [-0.05, 0) is 82.0 Å². The lowest BCUT2D eigenvalue weighted by molar-refractivity contribution is -0.134. The summed E-state index contributed by atoms with van der Waals surface area (Å²) in [5, 5.41) is 9.00. The molecule has 38 heavy (non-hydrogen) atoms. The second-order valence-corrected chi connectivity index (χ2v) is 11.1. The molecule has 1 aromatic heterocycles. The number of hydrogen-bond donors (Lipinski definition) is 0. The zero-order valence-corrected chi connectivity index (χ0v) is 24.3. The van der Waals surface area contributed by atoms with Crippen LogP contribution in [-0.2, 0) is 11.2 Å². The third-order valence-electron chi connectivity index (χ3n) is 7.86. The molecule has 0 atom stereocenters. The molecule has 2 fully saturated rings. The molecular weight excluding hydrogens is 500 g/mol. The predicted octanol–water partition coefficient (Wildman–Crippen LogP) is 5.65. The summed E-state index contributed by atoms with van der Waals surface area (Å²) in [6, 6.07) is 10.4. The van der Waals surface area contributed by atoms with E-state index in [9.17, 15) is 4.79 Å². The summed E-state index contributed by atoms with van der Waals surface area (Å²) in [5.41, 5.74) is 3.24. The molecule has 0 N–H and O–H groups in total. The first-order valence-corrected chi connectivity index (χ1v) is 14.1. The van der Waals surface area contributed by atoms with Crippen molar-refractivity contribution in [2.45, 2.75) is 70.8 Å². The van der Waals surface area contributed by atoms with E-state index in [4.69, 9.17) is 9.47 Å². The van der Waals surface area contributed by atoms with Gasteiger partial charge in [-0.1, -0.05) is 25.5 Å². The van der Waals surface area contributed by atoms with Crippen molar-refractivity contribution < 1.29 is 14.3 Å². The molecule has 210 valence electrons.